The number of hydrogen-bond acceptors (Lipinski definition) is 6. The molecule has 2 saturated heterocycles. The van der Waals surface area contributed by atoms with Gasteiger partial charge in [0.1, 0.15) is 11.6 Å². The van der Waals surface area contributed by atoms with Gasteiger partial charge in [-0.3, -0.25) is 9.59 Å². The number of morpholine rings is 1. The number of nitrogens with zero attached hydrogens (tertiary/aromatic N) is 2. The molecule has 0 saturated carbocycles. The van der Waals surface area contributed by atoms with E-state index in [0.29, 0.717) is 32.4 Å². The van der Waals surface area contributed by atoms with Crippen LogP contribution < -0.4 is 15.1 Å². The lowest BCUT2D eigenvalue weighted by molar-refractivity contribution is -0.122. The highest BCUT2D eigenvalue weighted by molar-refractivity contribution is 6.06. The van der Waals surface area contributed by atoms with Crippen molar-refractivity contribution in [2.75, 3.05) is 55.1 Å². The number of nitrogens with one attached hydrogen (secondary N) is 1. The third-order valence-corrected chi connectivity index (χ3v) is 5.74. The van der Waals surface area contributed by atoms with Crippen LogP contribution in [0.2, 0.25) is 0 Å². The first kappa shape index (κ1) is 22.7. The number of amides is 2. The Kier molecular flexibility index (Phi) is 6.55. The van der Waals surface area contributed by atoms with Crippen LogP contribution in [0.4, 0.5) is 25.8 Å². The molecule has 2 aromatic rings. The Morgan fingerprint density at radius 1 is 1.12 bits per heavy atom. The molecule has 8 nitrogen and oxygen atoms in total. The van der Waals surface area contributed by atoms with Crippen LogP contribution in [0.5, 0.6) is 0 Å². The van der Waals surface area contributed by atoms with E-state index in [1.54, 1.807) is 18.2 Å². The second-order valence-electron chi connectivity index (χ2n) is 7.81. The third kappa shape index (κ3) is 4.80. The zero-order valence-electron chi connectivity index (χ0n) is 18.0. The molecule has 2 aliphatic heterocycles. The van der Waals surface area contributed by atoms with E-state index in [2.05, 4.69) is 10.2 Å². The topological polar surface area (TPSA) is 88.2 Å². The van der Waals surface area contributed by atoms with Gasteiger partial charge in [-0.15, -0.1) is 0 Å². The molecule has 1 atom stereocenters. The van der Waals surface area contributed by atoms with E-state index in [1.807, 2.05) is 0 Å². The minimum atomic E-state index is -0.879. The third-order valence-electron chi connectivity index (χ3n) is 5.74. The standard InChI is InChI=1S/C23H23F2N3O5/c1-32-23(31)17-12-16(27-6-8-33-9-7-27)3-4-19(17)26-22(30)14-10-21(29)28(13-14)20-5-2-15(24)11-18(20)25/h2-5,11-12,14H,6-10,13H2,1H3,(H,26,30). The predicted molar refractivity (Wildman–Crippen MR) is 116 cm³/mol. The van der Waals surface area contributed by atoms with Crippen molar-refractivity contribution >= 4 is 34.8 Å². The van der Waals surface area contributed by atoms with Gasteiger partial charge in [-0.25, -0.2) is 13.6 Å². The number of rotatable bonds is 5. The fourth-order valence-corrected chi connectivity index (χ4v) is 3.99. The first-order valence-electron chi connectivity index (χ1n) is 10.5. The second-order valence-corrected chi connectivity index (χ2v) is 7.81. The molecule has 0 bridgehead atoms. The lowest BCUT2D eigenvalue weighted by atomic mass is 10.1. The van der Waals surface area contributed by atoms with Crippen LogP contribution in [0, 0.1) is 17.6 Å². The van der Waals surface area contributed by atoms with Crippen molar-refractivity contribution in [2.24, 2.45) is 5.92 Å². The van der Waals surface area contributed by atoms with E-state index in [0.717, 1.165) is 16.7 Å². The molecule has 0 radical (unpaired) electrons. The number of carbonyl (C=O) groups excluding carboxylic acids is 3. The number of benzene rings is 2. The summed E-state index contributed by atoms with van der Waals surface area (Å²) < 4.78 is 37.6. The molecular weight excluding hydrogens is 436 g/mol. The fourth-order valence-electron chi connectivity index (χ4n) is 3.99. The highest BCUT2D eigenvalue weighted by atomic mass is 19.1. The molecule has 2 aromatic carbocycles. The normalized spacial score (nSPS) is 18.4. The minimum absolute atomic E-state index is 0.0629. The molecule has 2 heterocycles. The molecule has 174 valence electrons. The van der Waals surface area contributed by atoms with Gasteiger partial charge in [0.2, 0.25) is 11.8 Å². The molecule has 1 N–H and O–H groups in total. The highest BCUT2D eigenvalue weighted by Gasteiger charge is 2.36. The maximum atomic E-state index is 14.1. The quantitative estimate of drug-likeness (QED) is 0.692. The average molecular weight is 459 g/mol. The van der Waals surface area contributed by atoms with Crippen molar-refractivity contribution in [2.45, 2.75) is 6.42 Å². The second kappa shape index (κ2) is 9.53. The number of halogens is 2. The minimum Gasteiger partial charge on any atom is -0.465 e. The molecule has 0 aliphatic carbocycles. The van der Waals surface area contributed by atoms with Crippen LogP contribution >= 0.6 is 0 Å². The van der Waals surface area contributed by atoms with E-state index in [4.69, 9.17) is 9.47 Å². The van der Waals surface area contributed by atoms with Gasteiger partial charge in [0.25, 0.3) is 0 Å². The number of ether oxygens (including phenoxy) is 2. The van der Waals surface area contributed by atoms with Crippen molar-refractivity contribution in [3.8, 4) is 0 Å². The summed E-state index contributed by atoms with van der Waals surface area (Å²) in [5.74, 6) is -3.96. The molecule has 4 rings (SSSR count). The first-order valence-corrected chi connectivity index (χ1v) is 10.5. The molecule has 1 unspecified atom stereocenters. The Hall–Kier alpha value is -3.53. The number of methoxy groups -OCH3 is 1. The Bertz CT molecular complexity index is 1090. The highest BCUT2D eigenvalue weighted by Crippen LogP contribution is 2.30. The summed E-state index contributed by atoms with van der Waals surface area (Å²) in [4.78, 5) is 40.9. The number of anilines is 3. The van der Waals surface area contributed by atoms with Gasteiger partial charge in [0.05, 0.1) is 43.2 Å². The van der Waals surface area contributed by atoms with E-state index in [1.165, 1.54) is 13.2 Å². The molecule has 2 aliphatic rings. The summed E-state index contributed by atoms with van der Waals surface area (Å²) in [5.41, 5.74) is 1.15. The number of esters is 1. The largest absolute Gasteiger partial charge is 0.465 e. The molecule has 0 spiro atoms. The lowest BCUT2D eigenvalue weighted by Gasteiger charge is -2.29. The van der Waals surface area contributed by atoms with Gasteiger partial charge < -0.3 is 24.6 Å². The van der Waals surface area contributed by atoms with Gasteiger partial charge in [-0.05, 0) is 30.3 Å². The van der Waals surface area contributed by atoms with Crippen LogP contribution in [0.25, 0.3) is 0 Å². The summed E-state index contributed by atoms with van der Waals surface area (Å²) >= 11 is 0. The van der Waals surface area contributed by atoms with Crippen molar-refractivity contribution in [1.29, 1.82) is 0 Å². The monoisotopic (exact) mass is 459 g/mol. The molecule has 2 fully saturated rings. The van der Waals surface area contributed by atoms with Crippen molar-refractivity contribution < 1.29 is 32.6 Å². The zero-order chi connectivity index (χ0) is 23.5. The molecule has 0 aromatic heterocycles. The summed E-state index contributed by atoms with van der Waals surface area (Å²) in [6, 6.07) is 7.96. The van der Waals surface area contributed by atoms with Gasteiger partial charge in [0.15, 0.2) is 0 Å². The molecule has 10 heteroatoms. The molecular formula is C23H23F2N3O5. The lowest BCUT2D eigenvalue weighted by Crippen LogP contribution is -2.36. The predicted octanol–water partition coefficient (Wildman–Crippen LogP) is 2.58. The Morgan fingerprint density at radius 3 is 2.58 bits per heavy atom. The summed E-state index contributed by atoms with van der Waals surface area (Å²) in [6.45, 7) is 2.44. The van der Waals surface area contributed by atoms with Gasteiger partial charge in [0, 0.05) is 37.8 Å². The first-order chi connectivity index (χ1) is 15.9. The van der Waals surface area contributed by atoms with Crippen LogP contribution in [0.3, 0.4) is 0 Å². The summed E-state index contributed by atoms with van der Waals surface area (Å²) in [6.07, 6.45) is -0.137. The summed E-state index contributed by atoms with van der Waals surface area (Å²) in [7, 11) is 1.25. The maximum absolute atomic E-state index is 14.1. The summed E-state index contributed by atoms with van der Waals surface area (Å²) in [5, 5.41) is 2.70. The van der Waals surface area contributed by atoms with E-state index < -0.39 is 35.3 Å². The van der Waals surface area contributed by atoms with Crippen molar-refractivity contribution in [3.05, 3.63) is 53.6 Å². The molecule has 33 heavy (non-hydrogen) atoms. The van der Waals surface area contributed by atoms with Crippen molar-refractivity contribution in [1.82, 2.24) is 0 Å². The van der Waals surface area contributed by atoms with Crippen LogP contribution in [0.15, 0.2) is 36.4 Å². The number of hydrogen-bond donors (Lipinski definition) is 1. The Balaban J connectivity index is 1.51. The smallest absolute Gasteiger partial charge is 0.340 e. The van der Waals surface area contributed by atoms with Crippen LogP contribution in [-0.2, 0) is 19.1 Å². The maximum Gasteiger partial charge on any atom is 0.340 e. The fraction of sp³-hybridized carbons (Fsp3) is 0.348. The van der Waals surface area contributed by atoms with E-state index in [9.17, 15) is 23.2 Å². The SMILES string of the molecule is COC(=O)c1cc(N2CCOCC2)ccc1NC(=O)C1CC(=O)N(c2ccc(F)cc2F)C1. The Morgan fingerprint density at radius 2 is 1.88 bits per heavy atom. The number of carbonyl (C=O) groups is 3. The van der Waals surface area contributed by atoms with E-state index >= 15 is 0 Å². The van der Waals surface area contributed by atoms with Gasteiger partial charge >= 0.3 is 5.97 Å². The van der Waals surface area contributed by atoms with Crippen LogP contribution in [0.1, 0.15) is 16.8 Å². The Labute approximate surface area is 189 Å². The van der Waals surface area contributed by atoms with Crippen molar-refractivity contribution in [3.63, 3.8) is 0 Å². The van der Waals surface area contributed by atoms with Gasteiger partial charge in [-0.1, -0.05) is 0 Å². The van der Waals surface area contributed by atoms with E-state index in [-0.39, 0.29) is 29.9 Å². The zero-order valence-corrected chi connectivity index (χ0v) is 18.0. The average Bonchev–Trinajstić information content (AvgIpc) is 3.21. The van der Waals surface area contributed by atoms with Gasteiger partial charge in [-0.2, -0.15) is 0 Å². The van der Waals surface area contributed by atoms with Crippen LogP contribution in [-0.4, -0.2) is 57.7 Å². The molecule has 2 amide bonds.